The van der Waals surface area contributed by atoms with E-state index in [1.54, 1.807) is 0 Å². The molecule has 0 saturated heterocycles. The lowest BCUT2D eigenvalue weighted by Gasteiger charge is -2.07. The molecule has 3 aromatic rings. The Kier molecular flexibility index (Phi) is 4.13. The van der Waals surface area contributed by atoms with Gasteiger partial charge in [0, 0.05) is 18.0 Å². The molecule has 0 spiro atoms. The van der Waals surface area contributed by atoms with Gasteiger partial charge < -0.3 is 4.57 Å². The summed E-state index contributed by atoms with van der Waals surface area (Å²) < 4.78 is 1.97. The summed E-state index contributed by atoms with van der Waals surface area (Å²) in [6.07, 6.45) is 3.91. The molecule has 5 rings (SSSR count). The number of pyridine rings is 1. The molecule has 0 aliphatic carbocycles. The van der Waals surface area contributed by atoms with Gasteiger partial charge in [-0.2, -0.15) is 5.21 Å². The number of hydrogen-bond donors (Lipinski definition) is 1. The molecule has 0 radical (unpaired) electrons. The third-order valence-corrected chi connectivity index (χ3v) is 4.99. The van der Waals surface area contributed by atoms with E-state index in [1.165, 1.54) is 16.7 Å². The average Bonchev–Trinajstić information content (AvgIpc) is 3.38. The van der Waals surface area contributed by atoms with Crippen molar-refractivity contribution < 1.29 is 0 Å². The van der Waals surface area contributed by atoms with E-state index in [4.69, 9.17) is 9.97 Å². The van der Waals surface area contributed by atoms with Crippen LogP contribution in [0.1, 0.15) is 17.0 Å². The molecule has 2 aromatic carbocycles. The molecule has 2 aliphatic rings. The van der Waals surface area contributed by atoms with Crippen molar-refractivity contribution >= 4 is 0 Å². The van der Waals surface area contributed by atoms with Gasteiger partial charge in [-0.3, -0.25) is 0 Å². The van der Waals surface area contributed by atoms with Crippen molar-refractivity contribution in [1.29, 1.82) is 0 Å². The minimum atomic E-state index is 0.527. The van der Waals surface area contributed by atoms with Crippen LogP contribution in [0.2, 0.25) is 0 Å². The number of fused-ring (bicyclic) bond motifs is 1. The van der Waals surface area contributed by atoms with Crippen LogP contribution in [-0.4, -0.2) is 35.2 Å². The van der Waals surface area contributed by atoms with Crippen LogP contribution in [0.5, 0.6) is 0 Å². The Morgan fingerprint density at radius 2 is 1.69 bits per heavy atom. The highest BCUT2D eigenvalue weighted by Crippen LogP contribution is 2.30. The summed E-state index contributed by atoms with van der Waals surface area (Å²) in [5.74, 6) is 1.36. The first-order chi connectivity index (χ1) is 14.2. The SMILES string of the molecule is Cc1ccc(-c2ccc(-c3nc4ccn(Cc5nn[nH]n5)cc-4n3)c(C)c2)cc1. The van der Waals surface area contributed by atoms with Crippen LogP contribution in [0, 0.1) is 13.8 Å². The molecule has 0 bridgehead atoms. The van der Waals surface area contributed by atoms with Crippen molar-refractivity contribution in [3.63, 3.8) is 0 Å². The van der Waals surface area contributed by atoms with Crippen molar-refractivity contribution in [3.05, 3.63) is 77.9 Å². The maximum Gasteiger partial charge on any atom is 0.194 e. The molecule has 7 nitrogen and oxygen atoms in total. The van der Waals surface area contributed by atoms with Crippen LogP contribution in [0.15, 0.2) is 60.9 Å². The average molecular weight is 381 g/mol. The molecule has 1 aromatic heterocycles. The summed E-state index contributed by atoms with van der Waals surface area (Å²) in [5, 5.41) is 14.0. The molecule has 3 heterocycles. The topological polar surface area (TPSA) is 85.2 Å². The van der Waals surface area contributed by atoms with Crippen LogP contribution >= 0.6 is 0 Å². The summed E-state index contributed by atoms with van der Waals surface area (Å²) in [5.41, 5.74) is 7.57. The molecule has 0 unspecified atom stereocenters. The van der Waals surface area contributed by atoms with Gasteiger partial charge in [0.2, 0.25) is 0 Å². The Morgan fingerprint density at radius 1 is 0.897 bits per heavy atom. The molecule has 0 amide bonds. The Morgan fingerprint density at radius 3 is 2.45 bits per heavy atom. The first kappa shape index (κ1) is 17.2. The number of nitrogens with one attached hydrogen (secondary N) is 1. The highest BCUT2D eigenvalue weighted by molar-refractivity contribution is 5.73. The van der Waals surface area contributed by atoms with Crippen LogP contribution in [0.3, 0.4) is 0 Å². The number of hydrogen-bond acceptors (Lipinski definition) is 5. The molecular formula is C22H19N7. The van der Waals surface area contributed by atoms with E-state index in [0.29, 0.717) is 12.4 Å². The number of aryl methyl sites for hydroxylation is 2. The third kappa shape index (κ3) is 3.38. The second kappa shape index (κ2) is 6.94. The lowest BCUT2D eigenvalue weighted by atomic mass is 9.99. The first-order valence-corrected chi connectivity index (χ1v) is 9.40. The normalized spacial score (nSPS) is 11.2. The minimum Gasteiger partial charge on any atom is -0.344 e. The van der Waals surface area contributed by atoms with Crippen LogP contribution in [0.25, 0.3) is 33.9 Å². The monoisotopic (exact) mass is 381 g/mol. The zero-order chi connectivity index (χ0) is 19.8. The Hall–Kier alpha value is -3.87. The van der Waals surface area contributed by atoms with Crippen LogP contribution in [-0.2, 0) is 6.54 Å². The van der Waals surface area contributed by atoms with Gasteiger partial charge in [-0.05, 0) is 36.6 Å². The summed E-state index contributed by atoms with van der Waals surface area (Å²) in [7, 11) is 0. The predicted molar refractivity (Wildman–Crippen MR) is 110 cm³/mol. The van der Waals surface area contributed by atoms with E-state index < -0.39 is 0 Å². The molecule has 29 heavy (non-hydrogen) atoms. The summed E-state index contributed by atoms with van der Waals surface area (Å²) in [6.45, 7) is 4.73. The number of tetrazole rings is 1. The minimum absolute atomic E-state index is 0.527. The number of H-pyrrole nitrogens is 1. The fraction of sp³-hybridized carbons (Fsp3) is 0.136. The molecule has 0 saturated carbocycles. The first-order valence-electron chi connectivity index (χ1n) is 9.40. The van der Waals surface area contributed by atoms with E-state index in [9.17, 15) is 0 Å². The Labute approximate surface area is 167 Å². The highest BCUT2D eigenvalue weighted by atomic mass is 15.5. The van der Waals surface area contributed by atoms with Crippen LogP contribution < -0.4 is 0 Å². The van der Waals surface area contributed by atoms with E-state index >= 15 is 0 Å². The van der Waals surface area contributed by atoms with Crippen molar-refractivity contribution in [2.24, 2.45) is 0 Å². The van der Waals surface area contributed by atoms with Crippen LogP contribution in [0.4, 0.5) is 0 Å². The zero-order valence-corrected chi connectivity index (χ0v) is 16.2. The van der Waals surface area contributed by atoms with Gasteiger partial charge in [0.25, 0.3) is 0 Å². The fourth-order valence-corrected chi connectivity index (χ4v) is 3.42. The second-order valence-corrected chi connectivity index (χ2v) is 7.16. The van der Waals surface area contributed by atoms with Gasteiger partial charge in [0.05, 0.1) is 12.2 Å². The standard InChI is InChI=1S/C22H19N7/c1-14-3-5-16(6-4-14)17-7-8-18(15(2)11-17)22-23-19-9-10-29(12-20(19)24-22)13-21-25-27-28-26-21/h3-12H,13H2,1-2H3,(H,25,26,27,28). The van der Waals surface area contributed by atoms with Crippen molar-refractivity contribution in [2.45, 2.75) is 20.4 Å². The van der Waals surface area contributed by atoms with Crippen molar-refractivity contribution in [1.82, 2.24) is 35.2 Å². The smallest absolute Gasteiger partial charge is 0.194 e. The third-order valence-electron chi connectivity index (χ3n) is 4.99. The van der Waals surface area contributed by atoms with Crippen molar-refractivity contribution in [3.8, 4) is 33.9 Å². The number of nitrogens with zero attached hydrogens (tertiary/aromatic N) is 6. The molecule has 0 fully saturated rings. The molecule has 1 N–H and O–H groups in total. The Balaban J connectivity index is 1.47. The number of imidazole rings is 1. The number of rotatable bonds is 4. The number of aromatic amines is 1. The second-order valence-electron chi connectivity index (χ2n) is 7.16. The number of benzene rings is 2. The number of aromatic nitrogens is 7. The summed E-state index contributed by atoms with van der Waals surface area (Å²) in [6, 6.07) is 17.0. The lowest BCUT2D eigenvalue weighted by Crippen LogP contribution is -2.02. The highest BCUT2D eigenvalue weighted by Gasteiger charge is 2.15. The van der Waals surface area contributed by atoms with Gasteiger partial charge in [-0.15, -0.1) is 10.2 Å². The van der Waals surface area contributed by atoms with E-state index in [0.717, 1.165) is 28.3 Å². The Bertz CT molecular complexity index is 1240. The van der Waals surface area contributed by atoms with E-state index in [2.05, 4.69) is 76.9 Å². The van der Waals surface area contributed by atoms with E-state index in [-0.39, 0.29) is 0 Å². The van der Waals surface area contributed by atoms with Gasteiger partial charge >= 0.3 is 0 Å². The van der Waals surface area contributed by atoms with Crippen molar-refractivity contribution in [2.75, 3.05) is 0 Å². The van der Waals surface area contributed by atoms with Gasteiger partial charge in [-0.25, -0.2) is 9.97 Å². The van der Waals surface area contributed by atoms with Gasteiger partial charge in [0.1, 0.15) is 5.69 Å². The zero-order valence-electron chi connectivity index (χ0n) is 16.2. The molecular weight excluding hydrogens is 362 g/mol. The maximum atomic E-state index is 4.75. The van der Waals surface area contributed by atoms with Gasteiger partial charge in [-0.1, -0.05) is 53.2 Å². The largest absolute Gasteiger partial charge is 0.344 e. The lowest BCUT2D eigenvalue weighted by molar-refractivity contribution is 0.740. The molecule has 7 heteroatoms. The summed E-state index contributed by atoms with van der Waals surface area (Å²) in [4.78, 5) is 9.47. The summed E-state index contributed by atoms with van der Waals surface area (Å²) >= 11 is 0. The molecule has 2 aliphatic heterocycles. The van der Waals surface area contributed by atoms with Gasteiger partial charge in [0.15, 0.2) is 11.6 Å². The maximum absolute atomic E-state index is 4.75. The fourth-order valence-electron chi connectivity index (χ4n) is 3.42. The molecule has 0 atom stereocenters. The molecule has 142 valence electrons. The predicted octanol–water partition coefficient (Wildman–Crippen LogP) is 3.90. The van der Waals surface area contributed by atoms with E-state index in [1.807, 2.05) is 23.0 Å². The quantitative estimate of drug-likeness (QED) is 0.510.